The molecule has 0 aliphatic carbocycles. The van der Waals surface area contributed by atoms with Crippen LogP contribution in [0.4, 0.5) is 0 Å². The number of halogens is 1. The lowest BCUT2D eigenvalue weighted by molar-refractivity contribution is 0.253. The Morgan fingerprint density at radius 3 is 2.94 bits per heavy atom. The van der Waals surface area contributed by atoms with Crippen molar-refractivity contribution in [1.82, 2.24) is 5.16 Å². The van der Waals surface area contributed by atoms with E-state index in [1.165, 1.54) is 0 Å². The summed E-state index contributed by atoms with van der Waals surface area (Å²) in [5, 5.41) is 13.0. The van der Waals surface area contributed by atoms with E-state index in [1.54, 1.807) is 0 Å². The second-order valence-electron chi connectivity index (χ2n) is 3.60. The Morgan fingerprint density at radius 1 is 1.47 bits per heavy atom. The van der Waals surface area contributed by atoms with Crippen LogP contribution in [0, 0.1) is 6.92 Å². The number of aliphatic hydroxyl groups is 1. The molecule has 17 heavy (non-hydrogen) atoms. The quantitative estimate of drug-likeness (QED) is 0.943. The molecular formula is C12H12BrNO3. The first-order chi connectivity index (χ1) is 8.20. The van der Waals surface area contributed by atoms with Crippen molar-refractivity contribution >= 4 is 15.9 Å². The van der Waals surface area contributed by atoms with Crippen molar-refractivity contribution in [1.29, 1.82) is 0 Å². The standard InChI is InChI=1S/C12H12BrNO3/c1-8-5-10(14-17-8)7-16-12-9(6-15)3-2-4-11(12)13/h2-5,15H,6-7H2,1H3. The minimum Gasteiger partial charge on any atom is -0.486 e. The molecule has 1 aromatic carbocycles. The van der Waals surface area contributed by atoms with Crippen molar-refractivity contribution in [2.24, 2.45) is 0 Å². The van der Waals surface area contributed by atoms with Crippen molar-refractivity contribution < 1.29 is 14.4 Å². The number of aliphatic hydroxyl groups excluding tert-OH is 1. The van der Waals surface area contributed by atoms with Crippen molar-refractivity contribution in [3.63, 3.8) is 0 Å². The molecule has 0 aliphatic rings. The summed E-state index contributed by atoms with van der Waals surface area (Å²) in [6.07, 6.45) is 0. The molecule has 0 bridgehead atoms. The fourth-order valence-electron chi connectivity index (χ4n) is 1.47. The summed E-state index contributed by atoms with van der Waals surface area (Å²) in [5.41, 5.74) is 1.46. The Labute approximate surface area is 107 Å². The molecule has 0 aliphatic heterocycles. The highest BCUT2D eigenvalue weighted by Crippen LogP contribution is 2.29. The van der Waals surface area contributed by atoms with Crippen LogP contribution in [0.5, 0.6) is 5.75 Å². The largest absolute Gasteiger partial charge is 0.486 e. The predicted molar refractivity (Wildman–Crippen MR) is 65.6 cm³/mol. The van der Waals surface area contributed by atoms with Gasteiger partial charge in [-0.25, -0.2) is 0 Å². The number of hydrogen-bond acceptors (Lipinski definition) is 4. The van der Waals surface area contributed by atoms with Gasteiger partial charge in [-0.2, -0.15) is 0 Å². The highest BCUT2D eigenvalue weighted by Gasteiger charge is 2.08. The lowest BCUT2D eigenvalue weighted by Crippen LogP contribution is -1.99. The van der Waals surface area contributed by atoms with Gasteiger partial charge in [-0.05, 0) is 28.9 Å². The third-order valence-electron chi connectivity index (χ3n) is 2.26. The second-order valence-corrected chi connectivity index (χ2v) is 4.46. The molecular weight excluding hydrogens is 286 g/mol. The Kier molecular flexibility index (Phi) is 3.81. The average Bonchev–Trinajstić information content (AvgIpc) is 2.73. The summed E-state index contributed by atoms with van der Waals surface area (Å²) in [6.45, 7) is 2.08. The van der Waals surface area contributed by atoms with Crippen LogP contribution in [0.25, 0.3) is 0 Å². The van der Waals surface area contributed by atoms with E-state index in [-0.39, 0.29) is 6.61 Å². The van der Waals surface area contributed by atoms with E-state index < -0.39 is 0 Å². The molecule has 2 rings (SSSR count). The molecule has 1 N–H and O–H groups in total. The summed E-state index contributed by atoms with van der Waals surface area (Å²) < 4.78 is 11.4. The fraction of sp³-hybridized carbons (Fsp3) is 0.250. The summed E-state index contributed by atoms with van der Waals surface area (Å²) in [5.74, 6) is 1.38. The van der Waals surface area contributed by atoms with Crippen LogP contribution >= 0.6 is 15.9 Å². The first-order valence-electron chi connectivity index (χ1n) is 5.14. The molecule has 2 aromatic rings. The van der Waals surface area contributed by atoms with E-state index in [2.05, 4.69) is 21.1 Å². The number of hydrogen-bond donors (Lipinski definition) is 1. The zero-order chi connectivity index (χ0) is 12.3. The Hall–Kier alpha value is -1.33. The molecule has 0 amide bonds. The highest BCUT2D eigenvalue weighted by molar-refractivity contribution is 9.10. The van der Waals surface area contributed by atoms with Crippen LogP contribution in [-0.4, -0.2) is 10.3 Å². The average molecular weight is 298 g/mol. The maximum absolute atomic E-state index is 9.21. The van der Waals surface area contributed by atoms with Crippen molar-refractivity contribution in [2.45, 2.75) is 20.1 Å². The van der Waals surface area contributed by atoms with Gasteiger partial charge in [-0.3, -0.25) is 0 Å². The van der Waals surface area contributed by atoms with Gasteiger partial charge in [0.15, 0.2) is 0 Å². The van der Waals surface area contributed by atoms with Gasteiger partial charge in [-0.1, -0.05) is 17.3 Å². The maximum atomic E-state index is 9.21. The molecule has 5 heteroatoms. The van der Waals surface area contributed by atoms with Crippen molar-refractivity contribution in [3.8, 4) is 5.75 Å². The van der Waals surface area contributed by atoms with Crippen LogP contribution in [0.2, 0.25) is 0 Å². The summed E-state index contributed by atoms with van der Waals surface area (Å²) in [7, 11) is 0. The van der Waals surface area contributed by atoms with Crippen LogP contribution in [0.1, 0.15) is 17.0 Å². The van der Waals surface area contributed by atoms with E-state index in [1.807, 2.05) is 31.2 Å². The summed E-state index contributed by atoms with van der Waals surface area (Å²) in [6, 6.07) is 7.34. The predicted octanol–water partition coefficient (Wildman–Crippen LogP) is 2.82. The molecule has 0 unspecified atom stereocenters. The third kappa shape index (κ3) is 2.87. The fourth-order valence-corrected chi connectivity index (χ4v) is 1.99. The number of aromatic nitrogens is 1. The minimum atomic E-state index is -0.0629. The van der Waals surface area contributed by atoms with E-state index in [4.69, 9.17) is 9.26 Å². The molecule has 1 aromatic heterocycles. The first-order valence-corrected chi connectivity index (χ1v) is 5.93. The molecule has 1 heterocycles. The maximum Gasteiger partial charge on any atom is 0.139 e. The topological polar surface area (TPSA) is 55.5 Å². The molecule has 0 saturated carbocycles. The normalized spacial score (nSPS) is 10.5. The number of aryl methyl sites for hydroxylation is 1. The molecule has 0 atom stereocenters. The first kappa shape index (κ1) is 12.1. The molecule has 0 saturated heterocycles. The van der Waals surface area contributed by atoms with E-state index >= 15 is 0 Å². The van der Waals surface area contributed by atoms with E-state index in [9.17, 15) is 5.11 Å². The number of ether oxygens (including phenoxy) is 1. The lowest BCUT2D eigenvalue weighted by Gasteiger charge is -2.10. The molecule has 0 radical (unpaired) electrons. The monoisotopic (exact) mass is 297 g/mol. The third-order valence-corrected chi connectivity index (χ3v) is 2.88. The minimum absolute atomic E-state index is 0.0629. The molecule has 0 spiro atoms. The van der Waals surface area contributed by atoms with Gasteiger partial charge in [0.2, 0.25) is 0 Å². The number of nitrogens with zero attached hydrogens (tertiary/aromatic N) is 1. The van der Waals surface area contributed by atoms with Crippen LogP contribution < -0.4 is 4.74 Å². The van der Waals surface area contributed by atoms with Gasteiger partial charge in [-0.15, -0.1) is 0 Å². The van der Waals surface area contributed by atoms with Crippen LogP contribution in [0.15, 0.2) is 33.3 Å². The van der Waals surface area contributed by atoms with Crippen LogP contribution in [0.3, 0.4) is 0 Å². The lowest BCUT2D eigenvalue weighted by atomic mass is 10.2. The second kappa shape index (κ2) is 5.33. The van der Waals surface area contributed by atoms with Crippen LogP contribution in [-0.2, 0) is 13.2 Å². The zero-order valence-electron chi connectivity index (χ0n) is 9.31. The number of benzene rings is 1. The number of para-hydroxylation sites is 1. The summed E-state index contributed by atoms with van der Waals surface area (Å²) >= 11 is 3.39. The molecule has 0 fully saturated rings. The smallest absolute Gasteiger partial charge is 0.139 e. The SMILES string of the molecule is Cc1cc(COc2c(Br)cccc2CO)no1. The Morgan fingerprint density at radius 2 is 2.29 bits per heavy atom. The van der Waals surface area contributed by atoms with Crippen molar-refractivity contribution in [3.05, 3.63) is 45.8 Å². The Balaban J connectivity index is 2.13. The summed E-state index contributed by atoms with van der Waals surface area (Å²) in [4.78, 5) is 0. The Bertz CT molecular complexity index is 510. The number of rotatable bonds is 4. The van der Waals surface area contributed by atoms with E-state index in [0.29, 0.717) is 12.4 Å². The van der Waals surface area contributed by atoms with Gasteiger partial charge in [0.05, 0.1) is 11.1 Å². The zero-order valence-corrected chi connectivity index (χ0v) is 10.9. The van der Waals surface area contributed by atoms with Gasteiger partial charge in [0.1, 0.15) is 23.8 Å². The van der Waals surface area contributed by atoms with Crippen molar-refractivity contribution in [2.75, 3.05) is 0 Å². The van der Waals surface area contributed by atoms with E-state index in [0.717, 1.165) is 21.5 Å². The highest BCUT2D eigenvalue weighted by atomic mass is 79.9. The van der Waals surface area contributed by atoms with Gasteiger partial charge >= 0.3 is 0 Å². The van der Waals surface area contributed by atoms with Gasteiger partial charge in [0, 0.05) is 11.6 Å². The van der Waals surface area contributed by atoms with Gasteiger partial charge < -0.3 is 14.4 Å². The van der Waals surface area contributed by atoms with Gasteiger partial charge in [0.25, 0.3) is 0 Å². The molecule has 4 nitrogen and oxygen atoms in total. The molecule has 90 valence electrons.